The molecule has 0 saturated heterocycles. The molecule has 0 spiro atoms. The Morgan fingerprint density at radius 3 is 1.93 bits per heavy atom. The van der Waals surface area contributed by atoms with E-state index in [1.54, 1.807) is 0 Å². The van der Waals surface area contributed by atoms with Crippen molar-refractivity contribution in [2.75, 3.05) is 0 Å². The van der Waals surface area contributed by atoms with E-state index in [4.69, 9.17) is 5.10 Å². The number of para-hydroxylation sites is 1. The second kappa shape index (κ2) is 9.89. The molecule has 2 radical (unpaired) electrons. The molecule has 5 rings (SSSR count). The summed E-state index contributed by atoms with van der Waals surface area (Å²) in [4.78, 5) is 0. The van der Waals surface area contributed by atoms with Crippen LogP contribution in [0.5, 0.6) is 0 Å². The predicted molar refractivity (Wildman–Crippen MR) is 113 cm³/mol. The Bertz CT molecular complexity index is 999. The zero-order valence-electron chi connectivity index (χ0n) is 15.3. The molecule has 0 unspecified atom stereocenters. The molecule has 3 heteroatoms. The molecule has 0 amide bonds. The van der Waals surface area contributed by atoms with Crippen molar-refractivity contribution in [3.8, 4) is 16.9 Å². The van der Waals surface area contributed by atoms with E-state index in [2.05, 4.69) is 55.0 Å². The maximum atomic E-state index is 4.82. The predicted octanol–water partition coefficient (Wildman–Crippen LogP) is 6.01. The summed E-state index contributed by atoms with van der Waals surface area (Å²) in [6.45, 7) is 0. The number of aromatic nitrogens is 2. The molecule has 138 valence electrons. The van der Waals surface area contributed by atoms with E-state index < -0.39 is 0 Å². The molecule has 0 fully saturated rings. The van der Waals surface area contributed by atoms with Gasteiger partial charge in [0.15, 0.2) is 0 Å². The van der Waals surface area contributed by atoms with Gasteiger partial charge in [-0.05, 0) is 23.8 Å². The standard InChI is InChI=1S/C20H15N2.C5H5.Fe/c1-3-9-16(10-4-1)19-15-20(17-11-7-8-12-17)22(21-19)18-13-5-2-6-14-18;1-2-4-5-3-1;/h1-15H;1-5H;. The Hall–Kier alpha value is -2.87. The van der Waals surface area contributed by atoms with E-state index in [0.717, 1.165) is 22.6 Å². The fourth-order valence-corrected chi connectivity index (χ4v) is 2.97. The average Bonchev–Trinajstić information content (AvgIpc) is 3.52. The molecule has 28 heavy (non-hydrogen) atoms. The molecule has 0 atom stereocenters. The quantitative estimate of drug-likeness (QED) is 0.489. The van der Waals surface area contributed by atoms with Gasteiger partial charge in [-0.2, -0.15) is 5.10 Å². The minimum absolute atomic E-state index is 0. The molecule has 1 aromatic heterocycles. The Kier molecular flexibility index (Phi) is 7.02. The topological polar surface area (TPSA) is 17.8 Å². The molecule has 3 aromatic rings. The summed E-state index contributed by atoms with van der Waals surface area (Å²) in [6.07, 6.45) is 18.3. The van der Waals surface area contributed by atoms with Crippen molar-refractivity contribution in [2.24, 2.45) is 0 Å². The molecule has 0 aliphatic heterocycles. The Morgan fingerprint density at radius 2 is 1.36 bits per heavy atom. The van der Waals surface area contributed by atoms with Crippen molar-refractivity contribution in [1.82, 2.24) is 9.78 Å². The molecular weight excluding hydrogens is 384 g/mol. The van der Waals surface area contributed by atoms with Crippen LogP contribution in [-0.2, 0) is 17.1 Å². The van der Waals surface area contributed by atoms with Crippen molar-refractivity contribution in [3.63, 3.8) is 0 Å². The van der Waals surface area contributed by atoms with Gasteiger partial charge >= 0.3 is 0 Å². The molecule has 0 saturated carbocycles. The van der Waals surface area contributed by atoms with Crippen LogP contribution in [0.15, 0.2) is 109 Å². The Balaban J connectivity index is 0.000000329. The first-order valence-electron chi connectivity index (χ1n) is 9.01. The van der Waals surface area contributed by atoms with Gasteiger partial charge in [0, 0.05) is 35.5 Å². The van der Waals surface area contributed by atoms with Gasteiger partial charge in [-0.3, -0.25) is 0 Å². The van der Waals surface area contributed by atoms with Gasteiger partial charge in [-0.25, -0.2) is 4.68 Å². The first-order valence-corrected chi connectivity index (χ1v) is 9.01. The summed E-state index contributed by atoms with van der Waals surface area (Å²) in [6, 6.07) is 22.7. The molecule has 2 aliphatic rings. The monoisotopic (exact) mass is 404 g/mol. The van der Waals surface area contributed by atoms with Gasteiger partial charge in [0.1, 0.15) is 0 Å². The van der Waals surface area contributed by atoms with Crippen molar-refractivity contribution in [1.29, 1.82) is 0 Å². The fourth-order valence-electron chi connectivity index (χ4n) is 2.97. The summed E-state index contributed by atoms with van der Waals surface area (Å²) in [5, 5.41) is 4.82. The zero-order chi connectivity index (χ0) is 18.3. The first-order chi connectivity index (χ1) is 13.4. The molecule has 2 aliphatic carbocycles. The Morgan fingerprint density at radius 1 is 0.679 bits per heavy atom. The largest absolute Gasteiger partial charge is 0.232 e. The number of hydrogen-bond donors (Lipinski definition) is 0. The molecule has 0 N–H and O–H groups in total. The van der Waals surface area contributed by atoms with Crippen LogP contribution < -0.4 is 0 Å². The first kappa shape index (κ1) is 19.9. The molecule has 2 nitrogen and oxygen atoms in total. The van der Waals surface area contributed by atoms with Crippen molar-refractivity contribution in [2.45, 2.75) is 0 Å². The minimum Gasteiger partial charge on any atom is -0.232 e. The van der Waals surface area contributed by atoms with Gasteiger partial charge in [-0.15, -0.1) is 0 Å². The second-order valence-electron chi connectivity index (χ2n) is 6.16. The van der Waals surface area contributed by atoms with Crippen LogP contribution in [0.1, 0.15) is 5.69 Å². The SMILES string of the molecule is [CH]1C=CC(c2cc(-c3ccccc3)nn2-c2ccccc2)=C1.[CH]1C=CC=C1.[Fe]. The molecule has 2 aromatic carbocycles. The Labute approximate surface area is 177 Å². The summed E-state index contributed by atoms with van der Waals surface area (Å²) >= 11 is 0. The summed E-state index contributed by atoms with van der Waals surface area (Å²) in [5.41, 5.74) is 5.47. The van der Waals surface area contributed by atoms with Crippen LogP contribution in [0.3, 0.4) is 0 Å². The third-order valence-electron chi connectivity index (χ3n) is 4.29. The third-order valence-corrected chi connectivity index (χ3v) is 4.29. The van der Waals surface area contributed by atoms with Crippen LogP contribution in [-0.4, -0.2) is 9.78 Å². The van der Waals surface area contributed by atoms with Crippen LogP contribution in [0.2, 0.25) is 0 Å². The summed E-state index contributed by atoms with van der Waals surface area (Å²) in [7, 11) is 0. The van der Waals surface area contributed by atoms with Gasteiger partial charge < -0.3 is 0 Å². The minimum atomic E-state index is 0. The smallest absolute Gasteiger partial charge is 0.0934 e. The van der Waals surface area contributed by atoms with Gasteiger partial charge in [-0.1, -0.05) is 91.1 Å². The van der Waals surface area contributed by atoms with Crippen molar-refractivity contribution >= 4 is 5.57 Å². The number of nitrogens with zero attached hydrogens (tertiary/aromatic N) is 2. The number of rotatable bonds is 3. The van der Waals surface area contributed by atoms with Crippen LogP contribution in [0.4, 0.5) is 0 Å². The van der Waals surface area contributed by atoms with Gasteiger partial charge in [0.2, 0.25) is 0 Å². The molecule has 0 bridgehead atoms. The van der Waals surface area contributed by atoms with E-state index >= 15 is 0 Å². The molecular formula is C25H20FeN2. The maximum absolute atomic E-state index is 4.82. The van der Waals surface area contributed by atoms with Crippen LogP contribution in [0.25, 0.3) is 22.5 Å². The maximum Gasteiger partial charge on any atom is 0.0934 e. The van der Waals surface area contributed by atoms with E-state index in [-0.39, 0.29) is 17.1 Å². The molecule has 1 heterocycles. The normalized spacial score (nSPS) is 13.6. The third kappa shape index (κ3) is 4.69. The summed E-state index contributed by atoms with van der Waals surface area (Å²) in [5.74, 6) is 0. The van der Waals surface area contributed by atoms with Crippen molar-refractivity contribution < 1.29 is 17.1 Å². The van der Waals surface area contributed by atoms with Crippen LogP contribution >= 0.6 is 0 Å². The summed E-state index contributed by atoms with van der Waals surface area (Å²) < 4.78 is 2.01. The average molecular weight is 404 g/mol. The van der Waals surface area contributed by atoms with Gasteiger partial charge in [0.25, 0.3) is 0 Å². The van der Waals surface area contributed by atoms with Crippen LogP contribution in [0, 0.1) is 12.8 Å². The van der Waals surface area contributed by atoms with E-state index in [9.17, 15) is 0 Å². The van der Waals surface area contributed by atoms with Gasteiger partial charge in [0.05, 0.1) is 17.1 Å². The van der Waals surface area contributed by atoms with E-state index in [1.165, 1.54) is 5.57 Å². The number of benzene rings is 2. The van der Waals surface area contributed by atoms with E-state index in [0.29, 0.717) is 0 Å². The van der Waals surface area contributed by atoms with Crippen molar-refractivity contribution in [3.05, 3.63) is 128 Å². The fraction of sp³-hybridized carbons (Fsp3) is 0. The zero-order valence-corrected chi connectivity index (χ0v) is 16.4. The number of allylic oxidation sites excluding steroid dienone is 8. The number of hydrogen-bond acceptors (Lipinski definition) is 1. The second-order valence-corrected chi connectivity index (χ2v) is 6.16. The van der Waals surface area contributed by atoms with E-state index in [1.807, 2.05) is 71.8 Å².